The van der Waals surface area contributed by atoms with Gasteiger partial charge in [0.15, 0.2) is 0 Å². The third-order valence-corrected chi connectivity index (χ3v) is 4.42. The summed E-state index contributed by atoms with van der Waals surface area (Å²) in [5.74, 6) is 1.70. The number of methoxy groups -OCH3 is 1. The van der Waals surface area contributed by atoms with Crippen molar-refractivity contribution < 1.29 is 4.74 Å². The van der Waals surface area contributed by atoms with Crippen LogP contribution in [0.25, 0.3) is 10.9 Å². The van der Waals surface area contributed by atoms with Crippen LogP contribution in [0.5, 0.6) is 5.75 Å². The minimum absolute atomic E-state index is 0.582. The van der Waals surface area contributed by atoms with E-state index in [4.69, 9.17) is 9.72 Å². The highest BCUT2D eigenvalue weighted by atomic mass is 16.5. The molecule has 1 unspecified atom stereocenters. The molecule has 1 heterocycles. The lowest BCUT2D eigenvalue weighted by Crippen LogP contribution is -2.36. The Balaban J connectivity index is 1.74. The van der Waals surface area contributed by atoms with Crippen LogP contribution in [0.15, 0.2) is 30.3 Å². The van der Waals surface area contributed by atoms with Crippen LogP contribution in [0.3, 0.4) is 0 Å². The minimum Gasteiger partial charge on any atom is -0.494 e. The molecule has 0 saturated heterocycles. The van der Waals surface area contributed by atoms with Crippen LogP contribution in [-0.4, -0.2) is 18.1 Å². The van der Waals surface area contributed by atoms with Crippen molar-refractivity contribution in [2.45, 2.75) is 38.8 Å². The highest BCUT2D eigenvalue weighted by Crippen LogP contribution is 2.29. The van der Waals surface area contributed by atoms with Crippen molar-refractivity contribution in [2.75, 3.05) is 7.11 Å². The van der Waals surface area contributed by atoms with Crippen molar-refractivity contribution in [3.05, 3.63) is 36.0 Å². The molecule has 1 atom stereocenters. The van der Waals surface area contributed by atoms with Crippen LogP contribution in [0.4, 0.5) is 0 Å². The quantitative estimate of drug-likeness (QED) is 0.902. The molecule has 1 saturated carbocycles. The van der Waals surface area contributed by atoms with E-state index >= 15 is 0 Å². The Labute approximate surface area is 120 Å². The average molecular weight is 270 g/mol. The lowest BCUT2D eigenvalue weighted by atomic mass is 9.80. The summed E-state index contributed by atoms with van der Waals surface area (Å²) in [5, 5.41) is 4.72. The van der Waals surface area contributed by atoms with E-state index in [0.29, 0.717) is 6.04 Å². The highest BCUT2D eigenvalue weighted by molar-refractivity contribution is 5.84. The standard InChI is InChI=1S/C17H22N2O/c1-12(13-5-3-6-13)18-11-15-10-9-14-7-4-8-16(20-2)17(14)19-15/h4,7-10,12-13,18H,3,5-6,11H2,1-2H3. The molecule has 0 radical (unpaired) electrons. The van der Waals surface area contributed by atoms with E-state index < -0.39 is 0 Å². The first-order valence-electron chi connectivity index (χ1n) is 7.44. The first-order chi connectivity index (χ1) is 9.78. The molecule has 0 amide bonds. The lowest BCUT2D eigenvalue weighted by molar-refractivity contribution is 0.239. The van der Waals surface area contributed by atoms with Crippen LogP contribution in [0, 0.1) is 5.92 Å². The largest absolute Gasteiger partial charge is 0.494 e. The van der Waals surface area contributed by atoms with Crippen LogP contribution < -0.4 is 10.1 Å². The molecule has 1 aromatic heterocycles. The van der Waals surface area contributed by atoms with Crippen molar-refractivity contribution in [3.8, 4) is 5.75 Å². The van der Waals surface area contributed by atoms with Crippen molar-refractivity contribution >= 4 is 10.9 Å². The average Bonchev–Trinajstić information content (AvgIpc) is 2.42. The Morgan fingerprint density at radius 1 is 1.30 bits per heavy atom. The van der Waals surface area contributed by atoms with Gasteiger partial charge in [-0.2, -0.15) is 0 Å². The predicted octanol–water partition coefficient (Wildman–Crippen LogP) is 3.52. The fourth-order valence-electron chi connectivity index (χ4n) is 2.80. The van der Waals surface area contributed by atoms with E-state index in [1.807, 2.05) is 12.1 Å². The van der Waals surface area contributed by atoms with Crippen LogP contribution in [0.1, 0.15) is 31.9 Å². The zero-order valence-electron chi connectivity index (χ0n) is 12.2. The summed E-state index contributed by atoms with van der Waals surface area (Å²) in [5.41, 5.74) is 2.03. The summed E-state index contributed by atoms with van der Waals surface area (Å²) >= 11 is 0. The van der Waals surface area contributed by atoms with Gasteiger partial charge in [0.25, 0.3) is 0 Å². The Bertz CT molecular complexity index is 593. The van der Waals surface area contributed by atoms with E-state index in [1.165, 1.54) is 19.3 Å². The number of hydrogen-bond acceptors (Lipinski definition) is 3. The molecule has 3 nitrogen and oxygen atoms in total. The molecule has 1 aliphatic rings. The van der Waals surface area contributed by atoms with E-state index in [9.17, 15) is 0 Å². The molecule has 2 aromatic rings. The van der Waals surface area contributed by atoms with Gasteiger partial charge in [-0.1, -0.05) is 24.6 Å². The van der Waals surface area contributed by atoms with E-state index in [0.717, 1.165) is 34.8 Å². The molecule has 1 N–H and O–H groups in total. The van der Waals surface area contributed by atoms with E-state index in [-0.39, 0.29) is 0 Å². The van der Waals surface area contributed by atoms with Crippen molar-refractivity contribution in [1.29, 1.82) is 0 Å². The first-order valence-corrected chi connectivity index (χ1v) is 7.44. The topological polar surface area (TPSA) is 34.1 Å². The first kappa shape index (κ1) is 13.4. The number of nitrogens with zero attached hydrogens (tertiary/aromatic N) is 1. The second-order valence-electron chi connectivity index (χ2n) is 5.70. The Morgan fingerprint density at radius 3 is 2.85 bits per heavy atom. The summed E-state index contributed by atoms with van der Waals surface area (Å²) in [6.07, 6.45) is 4.13. The molecule has 3 rings (SSSR count). The Kier molecular flexibility index (Phi) is 3.88. The smallest absolute Gasteiger partial charge is 0.145 e. The third-order valence-electron chi connectivity index (χ3n) is 4.42. The lowest BCUT2D eigenvalue weighted by Gasteiger charge is -2.32. The molecule has 1 aliphatic carbocycles. The summed E-state index contributed by atoms with van der Waals surface area (Å²) < 4.78 is 5.39. The number of ether oxygens (including phenoxy) is 1. The van der Waals surface area contributed by atoms with Crippen LogP contribution in [-0.2, 0) is 6.54 Å². The number of fused-ring (bicyclic) bond motifs is 1. The zero-order valence-corrected chi connectivity index (χ0v) is 12.2. The van der Waals surface area contributed by atoms with Gasteiger partial charge in [-0.3, -0.25) is 0 Å². The van der Waals surface area contributed by atoms with E-state index in [1.54, 1.807) is 7.11 Å². The highest BCUT2D eigenvalue weighted by Gasteiger charge is 2.23. The third kappa shape index (κ3) is 2.63. The maximum absolute atomic E-state index is 5.39. The Morgan fingerprint density at radius 2 is 2.15 bits per heavy atom. The van der Waals surface area contributed by atoms with Gasteiger partial charge in [-0.15, -0.1) is 0 Å². The Hall–Kier alpha value is -1.61. The van der Waals surface area contributed by atoms with Gasteiger partial charge in [-0.25, -0.2) is 4.98 Å². The van der Waals surface area contributed by atoms with Crippen LogP contribution in [0.2, 0.25) is 0 Å². The second-order valence-corrected chi connectivity index (χ2v) is 5.70. The number of hydrogen-bond donors (Lipinski definition) is 1. The SMILES string of the molecule is COc1cccc2ccc(CNC(C)C3CCC3)nc12. The van der Waals surface area contributed by atoms with Gasteiger partial charge in [0, 0.05) is 18.0 Å². The number of para-hydroxylation sites is 1. The molecule has 0 aliphatic heterocycles. The number of pyridine rings is 1. The van der Waals surface area contributed by atoms with Crippen molar-refractivity contribution in [1.82, 2.24) is 10.3 Å². The summed E-state index contributed by atoms with van der Waals surface area (Å²) in [6.45, 7) is 3.11. The van der Waals surface area contributed by atoms with Gasteiger partial charge < -0.3 is 10.1 Å². The fourth-order valence-corrected chi connectivity index (χ4v) is 2.80. The number of aromatic nitrogens is 1. The summed E-state index contributed by atoms with van der Waals surface area (Å²) in [7, 11) is 1.69. The number of nitrogens with one attached hydrogen (secondary N) is 1. The molecule has 0 bridgehead atoms. The number of benzene rings is 1. The summed E-state index contributed by atoms with van der Waals surface area (Å²) in [6, 6.07) is 10.8. The number of rotatable bonds is 5. The molecular weight excluding hydrogens is 248 g/mol. The van der Waals surface area contributed by atoms with Gasteiger partial charge in [0.2, 0.25) is 0 Å². The van der Waals surface area contributed by atoms with Gasteiger partial charge in [0.05, 0.1) is 12.8 Å². The van der Waals surface area contributed by atoms with Crippen LogP contribution >= 0.6 is 0 Å². The normalized spacial score (nSPS) is 16.9. The molecule has 1 aromatic carbocycles. The van der Waals surface area contributed by atoms with Gasteiger partial charge >= 0.3 is 0 Å². The van der Waals surface area contributed by atoms with Crippen molar-refractivity contribution in [2.24, 2.45) is 5.92 Å². The predicted molar refractivity (Wildman–Crippen MR) is 81.9 cm³/mol. The molecule has 0 spiro atoms. The van der Waals surface area contributed by atoms with Gasteiger partial charge in [-0.05, 0) is 37.8 Å². The molecular formula is C17H22N2O. The van der Waals surface area contributed by atoms with E-state index in [2.05, 4.69) is 30.4 Å². The molecule has 1 fully saturated rings. The fraction of sp³-hybridized carbons (Fsp3) is 0.471. The maximum atomic E-state index is 5.39. The van der Waals surface area contributed by atoms with Crippen molar-refractivity contribution in [3.63, 3.8) is 0 Å². The molecule has 3 heteroatoms. The minimum atomic E-state index is 0.582. The molecule has 106 valence electrons. The summed E-state index contributed by atoms with van der Waals surface area (Å²) in [4.78, 5) is 4.73. The second kappa shape index (κ2) is 5.80. The van der Waals surface area contributed by atoms with Gasteiger partial charge in [0.1, 0.15) is 11.3 Å². The monoisotopic (exact) mass is 270 g/mol. The zero-order chi connectivity index (χ0) is 13.9. The molecule has 20 heavy (non-hydrogen) atoms. The maximum Gasteiger partial charge on any atom is 0.145 e.